The molecule has 4 aromatic rings. The van der Waals surface area contributed by atoms with Gasteiger partial charge in [0.25, 0.3) is 5.91 Å². The maximum atomic E-state index is 14.1. The van der Waals surface area contributed by atoms with Crippen LogP contribution < -0.4 is 10.6 Å². The number of halogens is 1. The summed E-state index contributed by atoms with van der Waals surface area (Å²) in [4.78, 5) is 18.1. The third kappa shape index (κ3) is 4.83. The van der Waals surface area contributed by atoms with E-state index < -0.39 is 6.04 Å². The number of thioether (sulfide) groups is 1. The number of allylic oxidation sites excluding steroid dienone is 1. The topological polar surface area (TPSA) is 92.1 Å². The average molecular weight is 502 g/mol. The summed E-state index contributed by atoms with van der Waals surface area (Å²) in [6.45, 7) is 3.78. The highest BCUT2D eigenvalue weighted by molar-refractivity contribution is 7.98. The fourth-order valence-corrected chi connectivity index (χ4v) is 4.95. The Balaban J connectivity index is 1.49. The molecule has 0 saturated heterocycles. The Bertz CT molecular complexity index is 1470. The summed E-state index contributed by atoms with van der Waals surface area (Å²) in [5.41, 5.74) is 4.17. The maximum absolute atomic E-state index is 14.1. The number of benzene rings is 3. The molecule has 0 radical (unpaired) electrons. The smallest absolute Gasteiger partial charge is 0.255 e. The van der Waals surface area contributed by atoms with Gasteiger partial charge in [-0.15, -0.1) is 5.10 Å². The summed E-state index contributed by atoms with van der Waals surface area (Å²) in [5, 5.41) is 21.1. The number of nitrogens with zero attached hydrogens (tertiary/aromatic N) is 3. The molecule has 1 aliphatic rings. The van der Waals surface area contributed by atoms with Crippen LogP contribution in [0.25, 0.3) is 0 Å². The van der Waals surface area contributed by atoms with E-state index in [0.29, 0.717) is 39.4 Å². The van der Waals surface area contributed by atoms with Gasteiger partial charge in [-0.2, -0.15) is 4.98 Å². The molecule has 5 rings (SSSR count). The number of aromatic nitrogens is 3. The lowest BCUT2D eigenvalue weighted by molar-refractivity contribution is -0.113. The zero-order chi connectivity index (χ0) is 25.2. The van der Waals surface area contributed by atoms with Crippen molar-refractivity contribution < 1.29 is 14.3 Å². The van der Waals surface area contributed by atoms with Gasteiger partial charge >= 0.3 is 0 Å². The lowest BCUT2D eigenvalue weighted by Crippen LogP contribution is -2.31. The van der Waals surface area contributed by atoms with E-state index in [9.17, 15) is 14.3 Å². The first kappa shape index (κ1) is 23.6. The number of rotatable bonds is 6. The number of phenolic OH excluding ortho intramolecular Hbond substituents is 1. The van der Waals surface area contributed by atoms with Crippen LogP contribution in [-0.2, 0) is 10.5 Å². The molecule has 182 valence electrons. The van der Waals surface area contributed by atoms with Crippen LogP contribution in [-0.4, -0.2) is 25.8 Å². The Morgan fingerprint density at radius 3 is 2.64 bits per heavy atom. The summed E-state index contributed by atoms with van der Waals surface area (Å²) >= 11 is 1.31. The van der Waals surface area contributed by atoms with Crippen molar-refractivity contribution in [3.8, 4) is 5.75 Å². The number of aromatic hydroxyl groups is 1. The van der Waals surface area contributed by atoms with Crippen molar-refractivity contribution in [2.45, 2.75) is 30.8 Å². The first-order chi connectivity index (χ1) is 17.4. The van der Waals surface area contributed by atoms with Gasteiger partial charge in [0.05, 0.1) is 5.57 Å². The average Bonchev–Trinajstić information content (AvgIpc) is 3.25. The third-order valence-corrected chi connectivity index (χ3v) is 6.76. The van der Waals surface area contributed by atoms with E-state index in [1.54, 1.807) is 47.1 Å². The maximum Gasteiger partial charge on any atom is 0.255 e. The number of nitrogens with one attached hydrogen (secondary N) is 2. The lowest BCUT2D eigenvalue weighted by atomic mass is 9.95. The van der Waals surface area contributed by atoms with Crippen LogP contribution in [0.2, 0.25) is 0 Å². The first-order valence-corrected chi connectivity index (χ1v) is 12.3. The highest BCUT2D eigenvalue weighted by Gasteiger charge is 2.34. The van der Waals surface area contributed by atoms with Crippen molar-refractivity contribution in [3.63, 3.8) is 0 Å². The summed E-state index contributed by atoms with van der Waals surface area (Å²) in [7, 11) is 0. The minimum Gasteiger partial charge on any atom is -0.508 e. The predicted molar refractivity (Wildman–Crippen MR) is 138 cm³/mol. The minimum atomic E-state index is -0.582. The number of aryl methyl sites for hydroxylation is 1. The fourth-order valence-electron chi connectivity index (χ4n) is 4.13. The molecule has 0 aliphatic carbocycles. The number of carbonyl (C=O) groups excluding carboxylic acids is 1. The predicted octanol–water partition coefficient (Wildman–Crippen LogP) is 5.65. The second-order valence-corrected chi connectivity index (χ2v) is 9.47. The molecule has 1 aliphatic heterocycles. The molecule has 1 amide bonds. The van der Waals surface area contributed by atoms with Crippen LogP contribution in [0.4, 0.5) is 16.0 Å². The molecule has 3 N–H and O–H groups in total. The van der Waals surface area contributed by atoms with Crippen molar-refractivity contribution in [2.75, 3.05) is 10.6 Å². The monoisotopic (exact) mass is 501 g/mol. The second-order valence-electron chi connectivity index (χ2n) is 8.52. The number of anilines is 2. The molecule has 1 aromatic heterocycles. The first-order valence-electron chi connectivity index (χ1n) is 11.4. The number of amides is 1. The second kappa shape index (κ2) is 9.87. The standard InChI is InChI=1S/C27H24FN5O2S/c1-16-6-5-8-20(14-16)30-25(35)23-17(2)29-26-31-27(36-15-19-7-3-4-9-22(19)28)32-33(26)24(23)18-10-12-21(34)13-11-18/h3-14,24,34H,15H2,1-2H3,(H,30,35)(H,29,31,32). The summed E-state index contributed by atoms with van der Waals surface area (Å²) in [6, 6.07) is 20.3. The van der Waals surface area contributed by atoms with Crippen LogP contribution in [0.1, 0.15) is 29.7 Å². The van der Waals surface area contributed by atoms with Gasteiger partial charge in [0.2, 0.25) is 11.1 Å². The van der Waals surface area contributed by atoms with E-state index in [1.807, 2.05) is 38.1 Å². The van der Waals surface area contributed by atoms with Gasteiger partial charge in [-0.05, 0) is 60.9 Å². The fraction of sp³-hybridized carbons (Fsp3) is 0.148. The van der Waals surface area contributed by atoms with Crippen LogP contribution in [0, 0.1) is 12.7 Å². The van der Waals surface area contributed by atoms with Gasteiger partial charge in [-0.3, -0.25) is 4.79 Å². The molecular weight excluding hydrogens is 477 g/mol. The summed E-state index contributed by atoms with van der Waals surface area (Å²) in [5.74, 6) is 0.424. The van der Waals surface area contributed by atoms with Crippen molar-refractivity contribution in [1.29, 1.82) is 0 Å². The van der Waals surface area contributed by atoms with Gasteiger partial charge in [-0.1, -0.05) is 54.2 Å². The molecule has 2 heterocycles. The van der Waals surface area contributed by atoms with Crippen LogP contribution >= 0.6 is 11.8 Å². The Morgan fingerprint density at radius 2 is 1.89 bits per heavy atom. The van der Waals surface area contributed by atoms with Crippen molar-refractivity contribution in [2.24, 2.45) is 0 Å². The third-order valence-electron chi connectivity index (χ3n) is 5.88. The number of phenols is 1. The largest absolute Gasteiger partial charge is 0.508 e. The molecule has 36 heavy (non-hydrogen) atoms. The molecule has 3 aromatic carbocycles. The molecular formula is C27H24FN5O2S. The quantitative estimate of drug-likeness (QED) is 0.296. The van der Waals surface area contributed by atoms with E-state index in [1.165, 1.54) is 17.8 Å². The number of fused-ring (bicyclic) bond motifs is 1. The Labute approximate surface area is 212 Å². The Morgan fingerprint density at radius 1 is 1.11 bits per heavy atom. The van der Waals surface area contributed by atoms with E-state index in [-0.39, 0.29) is 17.5 Å². The van der Waals surface area contributed by atoms with Crippen molar-refractivity contribution in [1.82, 2.24) is 14.8 Å². The molecule has 1 atom stereocenters. The Hall–Kier alpha value is -4.11. The summed E-state index contributed by atoms with van der Waals surface area (Å²) in [6.07, 6.45) is 0. The van der Waals surface area contributed by atoms with Gasteiger partial charge in [0.15, 0.2) is 0 Å². The molecule has 9 heteroatoms. The van der Waals surface area contributed by atoms with E-state index in [0.717, 1.165) is 11.1 Å². The molecule has 0 spiro atoms. The SMILES string of the molecule is CC1=C(C(=O)Nc2cccc(C)c2)C(c2ccc(O)cc2)n2nc(SCc3ccccc3F)nc2N1. The summed E-state index contributed by atoms with van der Waals surface area (Å²) < 4.78 is 15.7. The van der Waals surface area contributed by atoms with Crippen molar-refractivity contribution in [3.05, 3.63) is 107 Å². The molecule has 1 unspecified atom stereocenters. The Kier molecular flexibility index (Phi) is 6.47. The minimum absolute atomic E-state index is 0.124. The molecule has 0 bridgehead atoms. The van der Waals surface area contributed by atoms with E-state index in [4.69, 9.17) is 0 Å². The normalized spacial score (nSPS) is 14.8. The van der Waals surface area contributed by atoms with Crippen molar-refractivity contribution >= 4 is 29.3 Å². The van der Waals surface area contributed by atoms with Gasteiger partial charge in [-0.25, -0.2) is 9.07 Å². The van der Waals surface area contributed by atoms with Gasteiger partial charge < -0.3 is 15.7 Å². The molecule has 0 fully saturated rings. The van der Waals surface area contributed by atoms with Crippen LogP contribution in [0.15, 0.2) is 89.2 Å². The van der Waals surface area contributed by atoms with Gasteiger partial charge in [0.1, 0.15) is 17.6 Å². The molecule has 0 saturated carbocycles. The van der Waals surface area contributed by atoms with E-state index >= 15 is 0 Å². The molecule has 7 nitrogen and oxygen atoms in total. The van der Waals surface area contributed by atoms with E-state index in [2.05, 4.69) is 20.7 Å². The number of hydrogen-bond donors (Lipinski definition) is 3. The zero-order valence-electron chi connectivity index (χ0n) is 19.7. The van der Waals surface area contributed by atoms with Crippen LogP contribution in [0.3, 0.4) is 0 Å². The van der Waals surface area contributed by atoms with Gasteiger partial charge in [0, 0.05) is 17.1 Å². The number of hydrogen-bond acceptors (Lipinski definition) is 6. The highest BCUT2D eigenvalue weighted by atomic mass is 32.2. The highest BCUT2D eigenvalue weighted by Crippen LogP contribution is 2.37. The van der Waals surface area contributed by atoms with Crippen LogP contribution in [0.5, 0.6) is 5.75 Å². The lowest BCUT2D eigenvalue weighted by Gasteiger charge is -2.28. The number of carbonyl (C=O) groups is 1. The zero-order valence-corrected chi connectivity index (χ0v) is 20.5.